The fraction of sp³-hybridized carbons (Fsp3) is 0.350. The van der Waals surface area contributed by atoms with Crippen molar-refractivity contribution in [2.45, 2.75) is 26.7 Å². The van der Waals surface area contributed by atoms with Gasteiger partial charge in [-0.2, -0.15) is 0 Å². The van der Waals surface area contributed by atoms with Crippen LogP contribution in [0.25, 0.3) is 0 Å². The van der Waals surface area contributed by atoms with Gasteiger partial charge in [-0.15, -0.1) is 0 Å². The lowest BCUT2D eigenvalue weighted by Crippen LogP contribution is -2.27. The Kier molecular flexibility index (Phi) is 6.24. The van der Waals surface area contributed by atoms with E-state index in [1.54, 1.807) is 14.2 Å². The summed E-state index contributed by atoms with van der Waals surface area (Å²) in [5.41, 5.74) is 4.60. The summed E-state index contributed by atoms with van der Waals surface area (Å²) in [6, 6.07) is 11.9. The Bertz CT molecular complexity index is 710. The van der Waals surface area contributed by atoms with E-state index in [0.717, 1.165) is 17.5 Å². The third-order valence-corrected chi connectivity index (χ3v) is 4.12. The summed E-state index contributed by atoms with van der Waals surface area (Å²) >= 11 is 0. The number of benzene rings is 2. The Hall–Kier alpha value is -2.49. The van der Waals surface area contributed by atoms with E-state index in [4.69, 9.17) is 9.47 Å². The van der Waals surface area contributed by atoms with E-state index in [0.29, 0.717) is 24.5 Å². The second-order valence-corrected chi connectivity index (χ2v) is 5.88. The molecule has 0 aliphatic carbocycles. The van der Waals surface area contributed by atoms with Crippen LogP contribution in [0.2, 0.25) is 0 Å². The lowest BCUT2D eigenvalue weighted by molar-refractivity contribution is -0.120. The first kappa shape index (κ1) is 17.9. The predicted octanol–water partition coefficient (Wildman–Crippen LogP) is 3.22. The Balaban J connectivity index is 1.85. The van der Waals surface area contributed by atoms with Crippen LogP contribution < -0.4 is 14.8 Å². The zero-order valence-corrected chi connectivity index (χ0v) is 14.8. The van der Waals surface area contributed by atoms with Crippen molar-refractivity contribution in [3.05, 3.63) is 58.7 Å². The molecular formula is C20H25NO3. The van der Waals surface area contributed by atoms with E-state index >= 15 is 0 Å². The highest BCUT2D eigenvalue weighted by atomic mass is 16.5. The molecule has 0 bridgehead atoms. The maximum absolute atomic E-state index is 12.1. The standard InChI is InChI=1S/C20H25NO3/c1-14-5-6-17(11-15(14)2)13-20(22)21-10-9-16-7-8-18(23-3)19(12-16)24-4/h5-8,11-12H,9-10,13H2,1-4H3,(H,21,22). The molecule has 0 unspecified atom stereocenters. The number of rotatable bonds is 7. The lowest BCUT2D eigenvalue weighted by Gasteiger charge is -2.10. The SMILES string of the molecule is COc1ccc(CCNC(=O)Cc2ccc(C)c(C)c2)cc1OC. The van der Waals surface area contributed by atoms with Gasteiger partial charge in [0.1, 0.15) is 0 Å². The largest absolute Gasteiger partial charge is 0.493 e. The van der Waals surface area contributed by atoms with Crippen molar-refractivity contribution in [2.75, 3.05) is 20.8 Å². The molecule has 0 aromatic heterocycles. The van der Waals surface area contributed by atoms with Gasteiger partial charge in [-0.25, -0.2) is 0 Å². The average molecular weight is 327 g/mol. The number of methoxy groups -OCH3 is 2. The van der Waals surface area contributed by atoms with Crippen LogP contribution in [-0.4, -0.2) is 26.7 Å². The first-order valence-corrected chi connectivity index (χ1v) is 8.07. The molecule has 0 saturated carbocycles. The average Bonchev–Trinajstić information content (AvgIpc) is 2.58. The monoisotopic (exact) mass is 327 g/mol. The van der Waals surface area contributed by atoms with Crippen molar-refractivity contribution in [3.8, 4) is 11.5 Å². The number of amides is 1. The summed E-state index contributed by atoms with van der Waals surface area (Å²) in [5.74, 6) is 1.45. The van der Waals surface area contributed by atoms with E-state index in [2.05, 4.69) is 31.3 Å². The number of carbonyl (C=O) groups excluding carboxylic acids is 1. The maximum Gasteiger partial charge on any atom is 0.224 e. The van der Waals surface area contributed by atoms with E-state index in [-0.39, 0.29) is 5.91 Å². The number of hydrogen-bond acceptors (Lipinski definition) is 3. The highest BCUT2D eigenvalue weighted by Gasteiger charge is 2.07. The van der Waals surface area contributed by atoms with Gasteiger partial charge in [0.05, 0.1) is 20.6 Å². The van der Waals surface area contributed by atoms with E-state index < -0.39 is 0 Å². The number of nitrogens with one attached hydrogen (secondary N) is 1. The van der Waals surface area contributed by atoms with Crippen molar-refractivity contribution in [1.82, 2.24) is 5.32 Å². The number of aryl methyl sites for hydroxylation is 2. The van der Waals surface area contributed by atoms with Gasteiger partial charge in [0, 0.05) is 6.54 Å². The second kappa shape index (κ2) is 8.39. The van der Waals surface area contributed by atoms with Crippen LogP contribution in [0, 0.1) is 13.8 Å². The summed E-state index contributed by atoms with van der Waals surface area (Å²) in [6.07, 6.45) is 1.16. The molecule has 0 saturated heterocycles. The zero-order valence-electron chi connectivity index (χ0n) is 14.8. The Labute approximate surface area is 143 Å². The molecule has 2 aromatic carbocycles. The molecule has 128 valence electrons. The first-order chi connectivity index (χ1) is 11.5. The topological polar surface area (TPSA) is 47.6 Å². The molecule has 0 heterocycles. The highest BCUT2D eigenvalue weighted by molar-refractivity contribution is 5.78. The van der Waals surface area contributed by atoms with Crippen molar-refractivity contribution in [3.63, 3.8) is 0 Å². The molecule has 0 radical (unpaired) electrons. The van der Waals surface area contributed by atoms with Gasteiger partial charge in [0.15, 0.2) is 11.5 Å². The Morgan fingerprint density at radius 3 is 2.29 bits per heavy atom. The second-order valence-electron chi connectivity index (χ2n) is 5.88. The van der Waals surface area contributed by atoms with Gasteiger partial charge in [-0.3, -0.25) is 4.79 Å². The van der Waals surface area contributed by atoms with Gasteiger partial charge in [-0.1, -0.05) is 24.3 Å². The first-order valence-electron chi connectivity index (χ1n) is 8.07. The number of carbonyl (C=O) groups is 1. The summed E-state index contributed by atoms with van der Waals surface area (Å²) in [6.45, 7) is 4.73. The summed E-state index contributed by atoms with van der Waals surface area (Å²) in [5, 5.41) is 2.97. The van der Waals surface area contributed by atoms with Crippen LogP contribution in [-0.2, 0) is 17.6 Å². The van der Waals surface area contributed by atoms with Crippen LogP contribution in [0.15, 0.2) is 36.4 Å². The minimum Gasteiger partial charge on any atom is -0.493 e. The van der Waals surface area contributed by atoms with Gasteiger partial charge >= 0.3 is 0 Å². The zero-order chi connectivity index (χ0) is 17.5. The van der Waals surface area contributed by atoms with Gasteiger partial charge in [0.2, 0.25) is 5.91 Å². The van der Waals surface area contributed by atoms with Crippen LogP contribution in [0.4, 0.5) is 0 Å². The molecule has 0 spiro atoms. The molecule has 1 N–H and O–H groups in total. The molecule has 0 fully saturated rings. The van der Waals surface area contributed by atoms with Crippen LogP contribution in [0.5, 0.6) is 11.5 Å². The third-order valence-electron chi connectivity index (χ3n) is 4.12. The van der Waals surface area contributed by atoms with Crippen LogP contribution >= 0.6 is 0 Å². The smallest absolute Gasteiger partial charge is 0.224 e. The van der Waals surface area contributed by atoms with Crippen molar-refractivity contribution in [2.24, 2.45) is 0 Å². The normalized spacial score (nSPS) is 10.3. The van der Waals surface area contributed by atoms with Crippen LogP contribution in [0.3, 0.4) is 0 Å². The minimum absolute atomic E-state index is 0.0405. The van der Waals surface area contributed by atoms with Crippen molar-refractivity contribution >= 4 is 5.91 Å². The molecule has 4 heteroatoms. The lowest BCUT2D eigenvalue weighted by atomic mass is 10.0. The van der Waals surface area contributed by atoms with E-state index in [1.807, 2.05) is 24.3 Å². The molecule has 0 aliphatic rings. The molecule has 4 nitrogen and oxygen atoms in total. The molecule has 0 aliphatic heterocycles. The fourth-order valence-electron chi connectivity index (χ4n) is 2.54. The van der Waals surface area contributed by atoms with Gasteiger partial charge < -0.3 is 14.8 Å². The summed E-state index contributed by atoms with van der Waals surface area (Å²) < 4.78 is 10.5. The fourth-order valence-corrected chi connectivity index (χ4v) is 2.54. The Morgan fingerprint density at radius 1 is 0.917 bits per heavy atom. The summed E-state index contributed by atoms with van der Waals surface area (Å²) in [7, 11) is 3.23. The van der Waals surface area contributed by atoms with E-state index in [9.17, 15) is 4.79 Å². The molecule has 2 rings (SSSR count). The molecule has 2 aromatic rings. The molecule has 1 amide bonds. The van der Waals surface area contributed by atoms with Crippen LogP contribution in [0.1, 0.15) is 22.3 Å². The number of hydrogen-bond donors (Lipinski definition) is 1. The van der Waals surface area contributed by atoms with Gasteiger partial charge in [0.25, 0.3) is 0 Å². The molecular weight excluding hydrogens is 302 g/mol. The number of ether oxygens (including phenoxy) is 2. The third kappa shape index (κ3) is 4.75. The van der Waals surface area contributed by atoms with Crippen molar-refractivity contribution in [1.29, 1.82) is 0 Å². The molecule has 0 atom stereocenters. The minimum atomic E-state index is 0.0405. The predicted molar refractivity (Wildman–Crippen MR) is 95.9 cm³/mol. The highest BCUT2D eigenvalue weighted by Crippen LogP contribution is 2.27. The van der Waals surface area contributed by atoms with E-state index in [1.165, 1.54) is 11.1 Å². The maximum atomic E-state index is 12.1. The van der Waals surface area contributed by atoms with Gasteiger partial charge in [-0.05, 0) is 54.7 Å². The quantitative estimate of drug-likeness (QED) is 0.849. The molecule has 24 heavy (non-hydrogen) atoms. The Morgan fingerprint density at radius 2 is 1.62 bits per heavy atom. The van der Waals surface area contributed by atoms with Crippen molar-refractivity contribution < 1.29 is 14.3 Å². The summed E-state index contributed by atoms with van der Waals surface area (Å²) in [4.78, 5) is 12.1.